The van der Waals surface area contributed by atoms with E-state index in [1.807, 2.05) is 36.6 Å². The lowest BCUT2D eigenvalue weighted by atomic mass is 9.88. The van der Waals surface area contributed by atoms with E-state index >= 15 is 0 Å². The Hall–Kier alpha value is -2.85. The van der Waals surface area contributed by atoms with Crippen molar-refractivity contribution < 1.29 is 19.1 Å². The number of carbonyl (C=O) groups excluding carboxylic acids is 2. The molecule has 10 heteroatoms. The summed E-state index contributed by atoms with van der Waals surface area (Å²) in [5.41, 5.74) is 3.93. The number of aryl methyl sites for hydroxylation is 2. The molecule has 1 aliphatic rings. The van der Waals surface area contributed by atoms with Gasteiger partial charge in [-0.3, -0.25) is 4.79 Å². The van der Waals surface area contributed by atoms with Crippen molar-refractivity contribution in [3.05, 3.63) is 51.2 Å². The van der Waals surface area contributed by atoms with Gasteiger partial charge in [0.2, 0.25) is 5.91 Å². The molecule has 0 spiro atoms. The molecule has 2 aromatic heterocycles. The highest BCUT2D eigenvalue weighted by molar-refractivity contribution is 7.99. The second-order valence-corrected chi connectivity index (χ2v) is 11.8. The molecule has 204 valence electrons. The van der Waals surface area contributed by atoms with Gasteiger partial charge in [0, 0.05) is 11.4 Å². The predicted octanol–water partition coefficient (Wildman–Crippen LogP) is 6.15. The van der Waals surface area contributed by atoms with Crippen LogP contribution in [-0.2, 0) is 28.9 Å². The Bertz CT molecular complexity index is 1320. The van der Waals surface area contributed by atoms with Gasteiger partial charge in [-0.05, 0) is 88.6 Å². The monoisotopic (exact) mass is 556 g/mol. The van der Waals surface area contributed by atoms with Gasteiger partial charge >= 0.3 is 5.97 Å². The number of anilines is 1. The van der Waals surface area contributed by atoms with Crippen molar-refractivity contribution in [3.63, 3.8) is 0 Å². The molecule has 0 radical (unpaired) electrons. The fourth-order valence-corrected chi connectivity index (χ4v) is 6.82. The maximum atomic E-state index is 13.0. The molecule has 0 saturated carbocycles. The molecule has 2 unspecified atom stereocenters. The molecule has 1 aliphatic carbocycles. The standard InChI is InChI=1S/C28H36N4O4S2/c1-7-32-25(19(6)36-20-11-10-17(4)18(5)14-20)30-31-28(32)37-15-23(33)29-26-24(27(34)35-8-2)21-12-9-16(3)13-22(21)38-26/h10-11,14,16,19H,7-9,12-13,15H2,1-6H3,(H,29,33). The van der Waals surface area contributed by atoms with Crippen molar-refractivity contribution in [1.29, 1.82) is 0 Å². The number of nitrogens with one attached hydrogen (secondary N) is 1. The smallest absolute Gasteiger partial charge is 0.341 e. The van der Waals surface area contributed by atoms with Gasteiger partial charge in [0.1, 0.15) is 10.8 Å². The normalized spacial score (nSPS) is 15.6. The molecule has 4 rings (SSSR count). The Labute approximate surface area is 232 Å². The fourth-order valence-electron chi connectivity index (χ4n) is 4.60. The Morgan fingerprint density at radius 1 is 1.24 bits per heavy atom. The maximum Gasteiger partial charge on any atom is 0.341 e. The first-order valence-corrected chi connectivity index (χ1v) is 14.9. The minimum Gasteiger partial charge on any atom is -0.483 e. The Balaban J connectivity index is 1.44. The largest absolute Gasteiger partial charge is 0.483 e. The van der Waals surface area contributed by atoms with Gasteiger partial charge in [0.25, 0.3) is 0 Å². The van der Waals surface area contributed by atoms with Gasteiger partial charge in [-0.2, -0.15) is 0 Å². The molecule has 2 atom stereocenters. The average molecular weight is 557 g/mol. The van der Waals surface area contributed by atoms with E-state index in [1.54, 1.807) is 6.92 Å². The van der Waals surface area contributed by atoms with Gasteiger partial charge in [0.05, 0.1) is 17.9 Å². The molecule has 0 aliphatic heterocycles. The summed E-state index contributed by atoms with van der Waals surface area (Å²) in [6.07, 6.45) is 2.47. The third-order valence-electron chi connectivity index (χ3n) is 6.79. The first-order valence-electron chi connectivity index (χ1n) is 13.1. The van der Waals surface area contributed by atoms with Crippen molar-refractivity contribution in [2.24, 2.45) is 5.92 Å². The molecule has 38 heavy (non-hydrogen) atoms. The van der Waals surface area contributed by atoms with E-state index in [1.165, 1.54) is 39.1 Å². The molecular weight excluding hydrogens is 520 g/mol. The zero-order valence-electron chi connectivity index (χ0n) is 22.9. The van der Waals surface area contributed by atoms with Gasteiger partial charge in [0.15, 0.2) is 17.1 Å². The highest BCUT2D eigenvalue weighted by atomic mass is 32.2. The lowest BCUT2D eigenvalue weighted by Gasteiger charge is -2.18. The predicted molar refractivity (Wildman–Crippen MR) is 151 cm³/mol. The van der Waals surface area contributed by atoms with E-state index in [2.05, 4.69) is 36.3 Å². The minimum atomic E-state index is -0.365. The summed E-state index contributed by atoms with van der Waals surface area (Å²) in [6, 6.07) is 6.02. The number of benzene rings is 1. The second kappa shape index (κ2) is 12.3. The maximum absolute atomic E-state index is 13.0. The summed E-state index contributed by atoms with van der Waals surface area (Å²) in [5, 5.41) is 12.9. The number of amides is 1. The Kier molecular flexibility index (Phi) is 9.15. The summed E-state index contributed by atoms with van der Waals surface area (Å²) in [6.45, 7) is 13.0. The molecule has 1 amide bonds. The summed E-state index contributed by atoms with van der Waals surface area (Å²) in [4.78, 5) is 26.9. The van der Waals surface area contributed by atoms with Crippen molar-refractivity contribution in [2.75, 3.05) is 17.7 Å². The third kappa shape index (κ3) is 6.23. The number of ether oxygens (including phenoxy) is 2. The number of thiophene rings is 1. The van der Waals surface area contributed by atoms with E-state index in [0.29, 0.717) is 40.6 Å². The van der Waals surface area contributed by atoms with Crippen LogP contribution in [0.25, 0.3) is 0 Å². The van der Waals surface area contributed by atoms with Crippen LogP contribution in [-0.4, -0.2) is 39.0 Å². The van der Waals surface area contributed by atoms with Gasteiger partial charge in [-0.15, -0.1) is 21.5 Å². The molecule has 1 aromatic carbocycles. The van der Waals surface area contributed by atoms with Gasteiger partial charge < -0.3 is 19.4 Å². The lowest BCUT2D eigenvalue weighted by Crippen LogP contribution is -2.18. The van der Waals surface area contributed by atoms with Gasteiger partial charge in [-0.1, -0.05) is 24.8 Å². The van der Waals surface area contributed by atoms with Crippen molar-refractivity contribution in [1.82, 2.24) is 14.8 Å². The van der Waals surface area contributed by atoms with E-state index in [-0.39, 0.29) is 23.7 Å². The number of hydrogen-bond donors (Lipinski definition) is 1. The quantitative estimate of drug-likeness (QED) is 0.236. The van der Waals surface area contributed by atoms with Crippen molar-refractivity contribution in [3.8, 4) is 5.75 Å². The molecule has 3 aromatic rings. The Morgan fingerprint density at radius 3 is 2.74 bits per heavy atom. The topological polar surface area (TPSA) is 95.3 Å². The number of fused-ring (bicyclic) bond motifs is 1. The van der Waals surface area contributed by atoms with Crippen LogP contribution in [0, 0.1) is 19.8 Å². The number of nitrogens with zero attached hydrogens (tertiary/aromatic N) is 3. The summed E-state index contributed by atoms with van der Waals surface area (Å²) >= 11 is 2.81. The summed E-state index contributed by atoms with van der Waals surface area (Å²) in [7, 11) is 0. The number of rotatable bonds is 10. The molecule has 8 nitrogen and oxygen atoms in total. The number of esters is 1. The average Bonchev–Trinajstić information content (AvgIpc) is 3.45. The van der Waals surface area contributed by atoms with Crippen LogP contribution in [0.4, 0.5) is 5.00 Å². The number of hydrogen-bond acceptors (Lipinski definition) is 8. The van der Waals surface area contributed by atoms with E-state index in [4.69, 9.17) is 9.47 Å². The number of thioether (sulfide) groups is 1. The zero-order chi connectivity index (χ0) is 27.4. The fraction of sp³-hybridized carbons (Fsp3) is 0.500. The third-order valence-corrected chi connectivity index (χ3v) is 8.93. The highest BCUT2D eigenvalue weighted by Gasteiger charge is 2.29. The second-order valence-electron chi connectivity index (χ2n) is 9.70. The van der Waals surface area contributed by atoms with Crippen LogP contribution in [0.5, 0.6) is 5.75 Å². The van der Waals surface area contributed by atoms with Crippen molar-refractivity contribution in [2.45, 2.75) is 78.6 Å². The SMILES string of the molecule is CCOC(=O)c1c(NC(=O)CSc2nnc(C(C)Oc3ccc(C)c(C)c3)n2CC)sc2c1CCC(C)C2. The highest BCUT2D eigenvalue weighted by Crippen LogP contribution is 2.40. The lowest BCUT2D eigenvalue weighted by molar-refractivity contribution is -0.113. The van der Waals surface area contributed by atoms with Crippen LogP contribution in [0.3, 0.4) is 0 Å². The first-order chi connectivity index (χ1) is 18.2. The van der Waals surface area contributed by atoms with Crippen LogP contribution >= 0.6 is 23.1 Å². The van der Waals surface area contributed by atoms with Crippen LogP contribution in [0.15, 0.2) is 23.4 Å². The number of carbonyl (C=O) groups is 2. The molecule has 2 heterocycles. The van der Waals surface area contributed by atoms with Crippen LogP contribution < -0.4 is 10.1 Å². The number of aromatic nitrogens is 3. The minimum absolute atomic E-state index is 0.145. The van der Waals surface area contributed by atoms with Crippen LogP contribution in [0.1, 0.15) is 78.0 Å². The van der Waals surface area contributed by atoms with Crippen molar-refractivity contribution >= 4 is 40.0 Å². The Morgan fingerprint density at radius 2 is 2.03 bits per heavy atom. The van der Waals surface area contributed by atoms with Crippen LogP contribution in [0.2, 0.25) is 0 Å². The molecular formula is C28H36N4O4S2. The van der Waals surface area contributed by atoms with Gasteiger partial charge in [-0.25, -0.2) is 4.79 Å². The van der Waals surface area contributed by atoms with E-state index in [0.717, 1.165) is 30.6 Å². The first kappa shape index (κ1) is 28.2. The molecule has 0 bridgehead atoms. The zero-order valence-corrected chi connectivity index (χ0v) is 24.6. The molecule has 0 saturated heterocycles. The molecule has 1 N–H and O–H groups in total. The summed E-state index contributed by atoms with van der Waals surface area (Å²) in [5.74, 6) is 1.63. The molecule has 0 fully saturated rings. The van der Waals surface area contributed by atoms with E-state index < -0.39 is 0 Å². The summed E-state index contributed by atoms with van der Waals surface area (Å²) < 4.78 is 13.4. The van der Waals surface area contributed by atoms with E-state index in [9.17, 15) is 9.59 Å².